The van der Waals surface area contributed by atoms with Crippen molar-refractivity contribution in [3.63, 3.8) is 0 Å². The van der Waals surface area contributed by atoms with E-state index in [1.165, 1.54) is 0 Å². The Morgan fingerprint density at radius 3 is 2.32 bits per heavy atom. The maximum atomic E-state index is 9.66. The van der Waals surface area contributed by atoms with E-state index >= 15 is 0 Å². The second-order valence-corrected chi connectivity index (χ2v) is 6.71. The van der Waals surface area contributed by atoms with Gasteiger partial charge in [-0.3, -0.25) is 5.73 Å². The molecule has 0 unspecified atom stereocenters. The number of hydrogen-bond donors (Lipinski definition) is 1. The van der Waals surface area contributed by atoms with Crippen molar-refractivity contribution in [3.8, 4) is 23.6 Å². The average Bonchev–Trinajstić information content (AvgIpc) is 2.94. The van der Waals surface area contributed by atoms with E-state index in [1.807, 2.05) is 19.9 Å². The number of halogens is 1. The molecule has 0 amide bonds. The molecule has 0 atom stereocenters. The summed E-state index contributed by atoms with van der Waals surface area (Å²) in [5.41, 5.74) is 11.2. The fourth-order valence-electron chi connectivity index (χ4n) is 3.41. The number of aromatic amines is 1. The lowest BCUT2D eigenvalue weighted by atomic mass is 9.95. The number of aromatic nitrogens is 1. The van der Waals surface area contributed by atoms with Crippen LogP contribution in [0.1, 0.15) is 34.9 Å². The van der Waals surface area contributed by atoms with Crippen LogP contribution < -0.4 is 20.2 Å². The molecule has 2 aromatic rings. The molecule has 1 heterocycles. The molecule has 3 N–H and O–H groups in total. The zero-order valence-corrected chi connectivity index (χ0v) is 16.7. The average molecular weight is 394 g/mol. The lowest BCUT2D eigenvalue weighted by Gasteiger charge is -2.12. The highest BCUT2D eigenvalue weighted by Crippen LogP contribution is 2.44. The van der Waals surface area contributed by atoms with E-state index in [0.717, 1.165) is 16.7 Å². The molecule has 1 aliphatic carbocycles. The number of hydrogen-bond acceptors (Lipinski definition) is 5. The summed E-state index contributed by atoms with van der Waals surface area (Å²) in [5.74, 6) is 1.30. The molecular weight excluding hydrogens is 376 g/mol. The van der Waals surface area contributed by atoms with Crippen LogP contribution in [0.4, 0.5) is 5.82 Å². The van der Waals surface area contributed by atoms with Gasteiger partial charge in [0, 0.05) is 11.6 Å². The third-order valence-electron chi connectivity index (χ3n) is 4.85. The number of methoxy groups -OCH3 is 2. The Morgan fingerprint density at radius 1 is 1.11 bits per heavy atom. The number of nitrogens with one attached hydrogen (secondary N) is 1. The van der Waals surface area contributed by atoms with Crippen LogP contribution in [-0.2, 0) is 0 Å². The first-order valence-corrected chi connectivity index (χ1v) is 8.76. The number of ether oxygens (including phenoxy) is 2. The Hall–Kier alpha value is -3.48. The third-order valence-corrected chi connectivity index (χ3v) is 5.18. The predicted octanol–water partition coefficient (Wildman–Crippen LogP) is 3.78. The molecule has 1 aromatic heterocycles. The summed E-state index contributed by atoms with van der Waals surface area (Å²) < 4.78 is 10.6. The number of benzene rings is 1. The summed E-state index contributed by atoms with van der Waals surface area (Å²) in [5, 5.41) is 19.6. The molecule has 1 aliphatic rings. The van der Waals surface area contributed by atoms with Crippen molar-refractivity contribution < 1.29 is 14.5 Å². The van der Waals surface area contributed by atoms with Crippen LogP contribution in [0.3, 0.4) is 0 Å². The van der Waals surface area contributed by atoms with E-state index in [0.29, 0.717) is 44.5 Å². The van der Waals surface area contributed by atoms with Crippen molar-refractivity contribution in [1.82, 2.24) is 0 Å². The molecule has 140 valence electrons. The number of rotatable bonds is 3. The summed E-state index contributed by atoms with van der Waals surface area (Å²) in [6.07, 6.45) is 1.88. The summed E-state index contributed by atoms with van der Waals surface area (Å²) >= 11 is 6.44. The highest BCUT2D eigenvalue weighted by molar-refractivity contribution is 6.32. The van der Waals surface area contributed by atoms with E-state index in [9.17, 15) is 10.5 Å². The SMILES string of the molecule is COc1cc(Cl)c(C=C2C(C)=C(C#N)c3[nH+]c(N)c(C#N)c(C)c32)cc1OC. The largest absolute Gasteiger partial charge is 0.493 e. The highest BCUT2D eigenvalue weighted by atomic mass is 35.5. The van der Waals surface area contributed by atoms with Gasteiger partial charge in [0.15, 0.2) is 17.2 Å². The Balaban J connectivity index is 2.32. The molecule has 3 rings (SSSR count). The summed E-state index contributed by atoms with van der Waals surface area (Å²) in [6, 6.07) is 7.79. The van der Waals surface area contributed by atoms with Gasteiger partial charge in [0.05, 0.1) is 19.2 Å². The smallest absolute Gasteiger partial charge is 0.289 e. The fourth-order valence-corrected chi connectivity index (χ4v) is 3.62. The number of fused-ring (bicyclic) bond motifs is 1. The zero-order chi connectivity index (χ0) is 20.6. The van der Waals surface area contributed by atoms with Crippen molar-refractivity contribution in [2.45, 2.75) is 13.8 Å². The molecule has 0 aliphatic heterocycles. The molecule has 0 fully saturated rings. The van der Waals surface area contributed by atoms with E-state index in [-0.39, 0.29) is 5.82 Å². The Bertz CT molecular complexity index is 1150. The van der Waals surface area contributed by atoms with Gasteiger partial charge in [0.2, 0.25) is 0 Å². The van der Waals surface area contributed by atoms with Crippen LogP contribution in [0.2, 0.25) is 5.02 Å². The third kappa shape index (κ3) is 2.85. The van der Waals surface area contributed by atoms with Crippen LogP contribution >= 0.6 is 11.6 Å². The molecule has 0 spiro atoms. The molecule has 0 bridgehead atoms. The summed E-state index contributed by atoms with van der Waals surface area (Å²) in [4.78, 5) is 3.01. The Morgan fingerprint density at radius 2 is 1.75 bits per heavy atom. The van der Waals surface area contributed by atoms with E-state index in [1.54, 1.807) is 26.4 Å². The topological polar surface area (TPSA) is 106 Å². The Kier molecular flexibility index (Phi) is 5.00. The van der Waals surface area contributed by atoms with Crippen LogP contribution in [0, 0.1) is 29.6 Å². The predicted molar refractivity (Wildman–Crippen MR) is 107 cm³/mol. The number of nitrogen functional groups attached to an aromatic ring is 1. The monoisotopic (exact) mass is 393 g/mol. The number of pyridine rings is 1. The second-order valence-electron chi connectivity index (χ2n) is 6.30. The number of nitriles is 2. The first kappa shape index (κ1) is 19.3. The van der Waals surface area contributed by atoms with Gasteiger partial charge in [-0.25, -0.2) is 4.98 Å². The standard InChI is InChI=1S/C21H17ClN4O2/c1-10-13(5-12-6-17(27-3)18(28-4)7-16(12)22)19-11(2)15(9-24)21(25)26-20(19)14(10)8-23/h5-7H,1-4H3,(H2,25,26)/p+1. The molecule has 6 nitrogen and oxygen atoms in total. The van der Waals surface area contributed by atoms with Crippen LogP contribution in [0.15, 0.2) is 17.7 Å². The summed E-state index contributed by atoms with van der Waals surface area (Å²) in [6.45, 7) is 3.67. The van der Waals surface area contributed by atoms with Crippen molar-refractivity contribution in [1.29, 1.82) is 10.5 Å². The molecule has 0 radical (unpaired) electrons. The molecular formula is C21H18ClN4O2+. The number of nitrogens with two attached hydrogens (primary N) is 1. The van der Waals surface area contributed by atoms with Crippen molar-refractivity contribution in [2.75, 3.05) is 20.0 Å². The molecule has 7 heteroatoms. The van der Waals surface area contributed by atoms with Gasteiger partial charge < -0.3 is 9.47 Å². The highest BCUT2D eigenvalue weighted by Gasteiger charge is 2.32. The molecule has 0 saturated carbocycles. The minimum absolute atomic E-state index is 0.240. The van der Waals surface area contributed by atoms with Gasteiger partial charge in [0.1, 0.15) is 23.3 Å². The lowest BCUT2D eigenvalue weighted by Crippen LogP contribution is -2.20. The van der Waals surface area contributed by atoms with E-state index in [4.69, 9.17) is 26.8 Å². The van der Waals surface area contributed by atoms with Crippen LogP contribution in [-0.4, -0.2) is 14.2 Å². The maximum Gasteiger partial charge on any atom is 0.289 e. The molecule has 0 saturated heterocycles. The van der Waals surface area contributed by atoms with Gasteiger partial charge in [-0.2, -0.15) is 10.5 Å². The van der Waals surface area contributed by atoms with Crippen molar-refractivity contribution in [2.24, 2.45) is 0 Å². The normalized spacial score (nSPS) is 13.9. The first-order chi connectivity index (χ1) is 13.4. The quantitative estimate of drug-likeness (QED) is 0.853. The Labute approximate surface area is 168 Å². The van der Waals surface area contributed by atoms with Crippen molar-refractivity contribution >= 4 is 34.6 Å². The maximum absolute atomic E-state index is 9.66. The number of allylic oxidation sites excluding steroid dienone is 3. The van der Waals surface area contributed by atoms with Gasteiger partial charge in [-0.1, -0.05) is 11.6 Å². The number of nitrogens with zero attached hydrogens (tertiary/aromatic N) is 2. The van der Waals surface area contributed by atoms with Crippen LogP contribution in [0.25, 0.3) is 17.2 Å². The van der Waals surface area contributed by atoms with E-state index in [2.05, 4.69) is 17.1 Å². The van der Waals surface area contributed by atoms with Crippen molar-refractivity contribution in [3.05, 3.63) is 50.7 Å². The van der Waals surface area contributed by atoms with E-state index < -0.39 is 0 Å². The second kappa shape index (κ2) is 7.26. The molecule has 28 heavy (non-hydrogen) atoms. The minimum Gasteiger partial charge on any atom is -0.493 e. The van der Waals surface area contributed by atoms with Gasteiger partial charge >= 0.3 is 0 Å². The summed E-state index contributed by atoms with van der Waals surface area (Å²) in [7, 11) is 3.09. The van der Waals surface area contributed by atoms with Gasteiger partial charge in [-0.05, 0) is 48.3 Å². The molecule has 1 aromatic carbocycles. The lowest BCUT2D eigenvalue weighted by molar-refractivity contribution is -0.364. The van der Waals surface area contributed by atoms with Gasteiger partial charge in [0.25, 0.3) is 5.82 Å². The van der Waals surface area contributed by atoms with Crippen LogP contribution in [0.5, 0.6) is 11.5 Å². The fraction of sp³-hybridized carbons (Fsp3) is 0.190. The first-order valence-electron chi connectivity index (χ1n) is 8.38. The zero-order valence-electron chi connectivity index (χ0n) is 15.9. The minimum atomic E-state index is 0.240. The number of H-pyrrole nitrogens is 1. The number of anilines is 1. The van der Waals surface area contributed by atoms with Gasteiger partial charge in [-0.15, -0.1) is 0 Å².